The lowest BCUT2D eigenvalue weighted by Gasteiger charge is -2.19. The van der Waals surface area contributed by atoms with Crippen molar-refractivity contribution >= 4 is 35.0 Å². The molecule has 98 valence electrons. The van der Waals surface area contributed by atoms with Gasteiger partial charge in [-0.05, 0) is 37.3 Å². The van der Waals surface area contributed by atoms with Crippen LogP contribution in [0.4, 0.5) is 11.4 Å². The number of hydrogen-bond acceptors (Lipinski definition) is 4. The molecule has 0 heterocycles. The van der Waals surface area contributed by atoms with Crippen LogP contribution >= 0.6 is 11.6 Å². The summed E-state index contributed by atoms with van der Waals surface area (Å²) in [6.45, 7) is 1.83. The molecule has 1 aromatic rings. The quantitative estimate of drug-likeness (QED) is 0.643. The third-order valence-corrected chi connectivity index (χ3v) is 3.38. The zero-order chi connectivity index (χ0) is 14.0. The Balaban J connectivity index is 2.43. The summed E-state index contributed by atoms with van der Waals surface area (Å²) >= 11 is 6.10. The number of halogens is 1. The lowest BCUT2D eigenvalue weighted by molar-refractivity contribution is -0.109. The van der Waals surface area contributed by atoms with Gasteiger partial charge in [0.15, 0.2) is 0 Å². The van der Waals surface area contributed by atoms with Crippen LogP contribution in [-0.2, 0) is 4.79 Å². The molecule has 2 rings (SSSR count). The van der Waals surface area contributed by atoms with Gasteiger partial charge < -0.3 is 16.3 Å². The van der Waals surface area contributed by atoms with Gasteiger partial charge in [-0.25, -0.2) is 4.99 Å². The molecule has 0 radical (unpaired) electrons. The first-order valence-corrected chi connectivity index (χ1v) is 6.14. The van der Waals surface area contributed by atoms with Crippen molar-refractivity contribution < 1.29 is 4.79 Å². The smallest absolute Gasteiger partial charge is 0.132 e. The maximum atomic E-state index is 11.0. The molecule has 1 unspecified atom stereocenters. The summed E-state index contributed by atoms with van der Waals surface area (Å²) in [6, 6.07) is 7.10. The predicted molar refractivity (Wildman–Crippen MR) is 78.3 cm³/mol. The number of nitrogens with two attached hydrogens (primary N) is 2. The molecule has 0 aliphatic heterocycles. The first kappa shape index (κ1) is 13.4. The molecule has 0 fully saturated rings. The fourth-order valence-corrected chi connectivity index (χ4v) is 2.14. The van der Waals surface area contributed by atoms with Crippen LogP contribution in [0.15, 0.2) is 51.6 Å². The number of rotatable bonds is 2. The molecule has 0 bridgehead atoms. The second-order valence-corrected chi connectivity index (χ2v) is 4.76. The third kappa shape index (κ3) is 2.69. The number of nitrogen functional groups attached to an aromatic ring is 1. The van der Waals surface area contributed by atoms with Crippen LogP contribution in [0.3, 0.4) is 0 Å². The number of allylic oxidation sites excluding steroid dienone is 3. The molecule has 1 aliphatic carbocycles. The normalized spacial score (nSPS) is 21.5. The van der Waals surface area contributed by atoms with Gasteiger partial charge in [-0.1, -0.05) is 17.2 Å². The highest BCUT2D eigenvalue weighted by Crippen LogP contribution is 2.29. The van der Waals surface area contributed by atoms with E-state index in [-0.39, 0.29) is 0 Å². The number of nitrogens with zero attached hydrogens (tertiary/aromatic N) is 1. The average Bonchev–Trinajstić information content (AvgIpc) is 2.39. The molecule has 1 aromatic carbocycles. The Morgan fingerprint density at radius 3 is 2.47 bits per heavy atom. The molecule has 4 nitrogen and oxygen atoms in total. The number of hydrogen-bond donors (Lipinski definition) is 2. The Morgan fingerprint density at radius 1 is 1.26 bits per heavy atom. The Morgan fingerprint density at radius 2 is 1.89 bits per heavy atom. The van der Waals surface area contributed by atoms with Gasteiger partial charge in [-0.15, -0.1) is 0 Å². The number of carbonyl (C=O) groups is 1. The van der Waals surface area contributed by atoms with Gasteiger partial charge in [0, 0.05) is 5.69 Å². The molecular formula is C14H14ClN3O. The highest BCUT2D eigenvalue weighted by molar-refractivity contribution is 6.35. The van der Waals surface area contributed by atoms with Crippen LogP contribution < -0.4 is 11.5 Å². The maximum Gasteiger partial charge on any atom is 0.132 e. The standard InChI is InChI=1S/C14H14ClN3O/c1-8-6-12(14(17)13(15)11(8)7-19)18-10-4-2-9(16)3-5-10/h2-7,11H,16-17H2,1H3. The number of carbonyl (C=O) groups excluding carboxylic acids is 1. The first-order chi connectivity index (χ1) is 9.02. The largest absolute Gasteiger partial charge is 0.399 e. The van der Waals surface area contributed by atoms with Gasteiger partial charge in [0.1, 0.15) is 6.29 Å². The van der Waals surface area contributed by atoms with Crippen molar-refractivity contribution in [2.24, 2.45) is 16.6 Å². The number of benzene rings is 1. The summed E-state index contributed by atoms with van der Waals surface area (Å²) in [4.78, 5) is 15.4. The summed E-state index contributed by atoms with van der Waals surface area (Å²) in [5, 5.41) is 0.323. The highest BCUT2D eigenvalue weighted by atomic mass is 35.5. The zero-order valence-electron chi connectivity index (χ0n) is 10.4. The van der Waals surface area contributed by atoms with Gasteiger partial charge in [0.25, 0.3) is 0 Å². The maximum absolute atomic E-state index is 11.0. The summed E-state index contributed by atoms with van der Waals surface area (Å²) in [6.07, 6.45) is 2.55. The van der Waals surface area contributed by atoms with E-state index in [0.29, 0.717) is 22.1 Å². The van der Waals surface area contributed by atoms with Crippen molar-refractivity contribution in [1.29, 1.82) is 0 Å². The SMILES string of the molecule is CC1=CC(=Nc2ccc(N)cc2)C(N)=C(Cl)C1C=O. The van der Waals surface area contributed by atoms with Crippen LogP contribution in [0.5, 0.6) is 0 Å². The van der Waals surface area contributed by atoms with E-state index in [1.165, 1.54) is 0 Å². The highest BCUT2D eigenvalue weighted by Gasteiger charge is 2.23. The van der Waals surface area contributed by atoms with E-state index in [4.69, 9.17) is 23.1 Å². The zero-order valence-corrected chi connectivity index (χ0v) is 11.2. The molecule has 1 aliphatic rings. The summed E-state index contributed by atoms with van der Waals surface area (Å²) in [5.41, 5.74) is 14.6. The van der Waals surface area contributed by atoms with E-state index in [0.717, 1.165) is 17.5 Å². The summed E-state index contributed by atoms with van der Waals surface area (Å²) < 4.78 is 0. The molecule has 1 atom stereocenters. The number of anilines is 1. The lowest BCUT2D eigenvalue weighted by atomic mass is 9.93. The molecule has 5 heteroatoms. The Hall–Kier alpha value is -2.07. The topological polar surface area (TPSA) is 81.5 Å². The Bertz CT molecular complexity index is 600. The van der Waals surface area contributed by atoms with Crippen molar-refractivity contribution in [3.05, 3.63) is 46.6 Å². The van der Waals surface area contributed by atoms with Gasteiger partial charge >= 0.3 is 0 Å². The first-order valence-electron chi connectivity index (χ1n) is 5.76. The van der Waals surface area contributed by atoms with Crippen molar-refractivity contribution in [3.63, 3.8) is 0 Å². The fraction of sp³-hybridized carbons (Fsp3) is 0.143. The van der Waals surface area contributed by atoms with Crippen molar-refractivity contribution in [2.45, 2.75) is 6.92 Å². The van der Waals surface area contributed by atoms with Crippen molar-refractivity contribution in [1.82, 2.24) is 0 Å². The van der Waals surface area contributed by atoms with E-state index in [9.17, 15) is 4.79 Å². The molecule has 19 heavy (non-hydrogen) atoms. The van der Waals surface area contributed by atoms with Crippen molar-refractivity contribution in [2.75, 3.05) is 5.73 Å². The van der Waals surface area contributed by atoms with E-state index >= 15 is 0 Å². The molecule has 0 saturated heterocycles. The Kier molecular flexibility index (Phi) is 3.71. The van der Waals surface area contributed by atoms with Crippen LogP contribution in [0.2, 0.25) is 0 Å². The summed E-state index contributed by atoms with van der Waals surface area (Å²) in [7, 11) is 0. The predicted octanol–water partition coefficient (Wildman–Crippen LogP) is 2.53. The van der Waals surface area contributed by atoms with Crippen LogP contribution in [-0.4, -0.2) is 12.0 Å². The second-order valence-electron chi connectivity index (χ2n) is 4.35. The molecule has 0 aromatic heterocycles. The molecular weight excluding hydrogens is 262 g/mol. The second kappa shape index (κ2) is 5.28. The fourth-order valence-electron chi connectivity index (χ4n) is 1.82. The minimum absolute atomic E-state index is 0.323. The number of aliphatic imine (C=N–C) groups is 1. The monoisotopic (exact) mass is 275 g/mol. The summed E-state index contributed by atoms with van der Waals surface area (Å²) in [5.74, 6) is -0.466. The average molecular weight is 276 g/mol. The van der Waals surface area contributed by atoms with Crippen LogP contribution in [0.1, 0.15) is 6.92 Å². The van der Waals surface area contributed by atoms with Crippen LogP contribution in [0.25, 0.3) is 0 Å². The van der Waals surface area contributed by atoms with Gasteiger partial charge in [-0.2, -0.15) is 0 Å². The molecule has 0 saturated carbocycles. The van der Waals surface area contributed by atoms with E-state index in [1.807, 2.05) is 6.92 Å². The molecule has 0 spiro atoms. The minimum Gasteiger partial charge on any atom is -0.399 e. The van der Waals surface area contributed by atoms with Crippen molar-refractivity contribution in [3.8, 4) is 0 Å². The number of aldehydes is 1. The van der Waals surface area contributed by atoms with Gasteiger partial charge in [0.2, 0.25) is 0 Å². The van der Waals surface area contributed by atoms with E-state index < -0.39 is 5.92 Å². The minimum atomic E-state index is -0.466. The third-order valence-electron chi connectivity index (χ3n) is 2.94. The van der Waals surface area contributed by atoms with Crippen LogP contribution in [0, 0.1) is 5.92 Å². The van der Waals surface area contributed by atoms with E-state index in [2.05, 4.69) is 4.99 Å². The van der Waals surface area contributed by atoms with Gasteiger partial charge in [-0.3, -0.25) is 0 Å². The van der Waals surface area contributed by atoms with Gasteiger partial charge in [0.05, 0.1) is 28.0 Å². The lowest BCUT2D eigenvalue weighted by Crippen LogP contribution is -2.21. The molecule has 4 N–H and O–H groups in total. The molecule has 0 amide bonds. The Labute approximate surface area is 116 Å². The van der Waals surface area contributed by atoms with E-state index in [1.54, 1.807) is 30.3 Å².